The molecule has 88 valence electrons. The maximum atomic E-state index is 10.9. The van der Waals surface area contributed by atoms with Gasteiger partial charge in [-0.3, -0.25) is 4.79 Å². The van der Waals surface area contributed by atoms with Crippen LogP contribution < -0.4 is 5.73 Å². The molecule has 0 bridgehead atoms. The van der Waals surface area contributed by atoms with Crippen molar-refractivity contribution >= 4 is 5.97 Å². The SMILES string of the molecule is CC1CCC(C(C)C)C(N)(CC(=O)O)C1. The number of hydrogen-bond acceptors (Lipinski definition) is 2. The standard InChI is InChI=1S/C12H23NO2/c1-8(2)10-5-4-9(3)6-12(10,13)7-11(14)15/h8-10H,4-7,13H2,1-3H3,(H,14,15). The molecule has 1 aliphatic carbocycles. The van der Waals surface area contributed by atoms with E-state index >= 15 is 0 Å². The molecule has 0 amide bonds. The lowest BCUT2D eigenvalue weighted by Crippen LogP contribution is -2.54. The molecule has 3 atom stereocenters. The van der Waals surface area contributed by atoms with Crippen LogP contribution in [0.25, 0.3) is 0 Å². The first-order chi connectivity index (χ1) is 6.85. The van der Waals surface area contributed by atoms with Gasteiger partial charge < -0.3 is 10.8 Å². The molecule has 0 saturated heterocycles. The summed E-state index contributed by atoms with van der Waals surface area (Å²) in [6, 6.07) is 0. The van der Waals surface area contributed by atoms with Crippen LogP contribution in [0.3, 0.4) is 0 Å². The first kappa shape index (κ1) is 12.5. The van der Waals surface area contributed by atoms with Crippen LogP contribution in [0, 0.1) is 17.8 Å². The molecule has 3 N–H and O–H groups in total. The van der Waals surface area contributed by atoms with Gasteiger partial charge in [0.2, 0.25) is 0 Å². The molecule has 0 aromatic heterocycles. The van der Waals surface area contributed by atoms with Gasteiger partial charge >= 0.3 is 5.97 Å². The summed E-state index contributed by atoms with van der Waals surface area (Å²) in [5.41, 5.74) is 5.83. The van der Waals surface area contributed by atoms with Gasteiger partial charge in [-0.05, 0) is 30.6 Å². The fourth-order valence-electron chi connectivity index (χ4n) is 3.14. The van der Waals surface area contributed by atoms with Crippen LogP contribution in [0.1, 0.15) is 46.5 Å². The monoisotopic (exact) mass is 213 g/mol. The lowest BCUT2D eigenvalue weighted by molar-refractivity contribution is -0.139. The second-order valence-electron chi connectivity index (χ2n) is 5.54. The minimum Gasteiger partial charge on any atom is -0.481 e. The summed E-state index contributed by atoms with van der Waals surface area (Å²) < 4.78 is 0. The fourth-order valence-corrected chi connectivity index (χ4v) is 3.14. The Balaban J connectivity index is 2.80. The number of aliphatic carboxylic acids is 1. The quantitative estimate of drug-likeness (QED) is 0.755. The van der Waals surface area contributed by atoms with Crippen molar-refractivity contribution < 1.29 is 9.90 Å². The van der Waals surface area contributed by atoms with Crippen molar-refractivity contribution in [2.75, 3.05) is 0 Å². The molecule has 0 aliphatic heterocycles. The van der Waals surface area contributed by atoms with Crippen molar-refractivity contribution in [3.05, 3.63) is 0 Å². The highest BCUT2D eigenvalue weighted by atomic mass is 16.4. The van der Waals surface area contributed by atoms with Crippen LogP contribution in [0.15, 0.2) is 0 Å². The third-order valence-electron chi connectivity index (χ3n) is 3.72. The zero-order valence-corrected chi connectivity index (χ0v) is 9.99. The van der Waals surface area contributed by atoms with E-state index in [9.17, 15) is 4.79 Å². The molecule has 0 heterocycles. The summed E-state index contributed by atoms with van der Waals surface area (Å²) in [4.78, 5) is 10.9. The Morgan fingerprint density at radius 1 is 1.53 bits per heavy atom. The second-order valence-corrected chi connectivity index (χ2v) is 5.54. The average Bonchev–Trinajstić information content (AvgIpc) is 1.99. The van der Waals surface area contributed by atoms with E-state index in [1.807, 2.05) is 0 Å². The molecule has 0 radical (unpaired) electrons. The Labute approximate surface area is 92.0 Å². The molecular formula is C12H23NO2. The summed E-state index contributed by atoms with van der Waals surface area (Å²) in [6.45, 7) is 6.45. The highest BCUT2D eigenvalue weighted by Crippen LogP contribution is 2.41. The van der Waals surface area contributed by atoms with E-state index in [1.165, 1.54) is 6.42 Å². The lowest BCUT2D eigenvalue weighted by atomic mass is 9.64. The molecule has 0 aromatic rings. The molecule has 3 nitrogen and oxygen atoms in total. The molecule has 1 rings (SSSR count). The van der Waals surface area contributed by atoms with E-state index in [-0.39, 0.29) is 6.42 Å². The zero-order valence-electron chi connectivity index (χ0n) is 9.99. The van der Waals surface area contributed by atoms with E-state index in [0.717, 1.165) is 12.8 Å². The summed E-state index contributed by atoms with van der Waals surface area (Å²) in [5, 5.41) is 8.94. The van der Waals surface area contributed by atoms with E-state index in [4.69, 9.17) is 10.8 Å². The predicted molar refractivity (Wildman–Crippen MR) is 60.5 cm³/mol. The van der Waals surface area contributed by atoms with Crippen LogP contribution in [0.4, 0.5) is 0 Å². The minimum absolute atomic E-state index is 0.111. The van der Waals surface area contributed by atoms with Crippen molar-refractivity contribution in [3.63, 3.8) is 0 Å². The number of nitrogens with two attached hydrogens (primary N) is 1. The van der Waals surface area contributed by atoms with Crippen LogP contribution >= 0.6 is 0 Å². The molecule has 15 heavy (non-hydrogen) atoms. The molecule has 1 aliphatic rings. The average molecular weight is 213 g/mol. The maximum absolute atomic E-state index is 10.9. The fraction of sp³-hybridized carbons (Fsp3) is 0.917. The predicted octanol–water partition coefficient (Wildman–Crippen LogP) is 2.25. The molecular weight excluding hydrogens is 190 g/mol. The van der Waals surface area contributed by atoms with Gasteiger partial charge in [0.05, 0.1) is 6.42 Å². The molecule has 3 unspecified atom stereocenters. The van der Waals surface area contributed by atoms with Gasteiger partial charge in [0.25, 0.3) is 0 Å². The Morgan fingerprint density at radius 3 is 2.60 bits per heavy atom. The van der Waals surface area contributed by atoms with Gasteiger partial charge in [-0.2, -0.15) is 0 Å². The first-order valence-electron chi connectivity index (χ1n) is 5.86. The van der Waals surface area contributed by atoms with Crippen molar-refractivity contribution in [2.24, 2.45) is 23.5 Å². The summed E-state index contributed by atoms with van der Waals surface area (Å²) >= 11 is 0. The number of carboxylic acids is 1. The number of hydrogen-bond donors (Lipinski definition) is 2. The maximum Gasteiger partial charge on any atom is 0.305 e. The van der Waals surface area contributed by atoms with Crippen LogP contribution in [-0.4, -0.2) is 16.6 Å². The molecule has 0 aromatic carbocycles. The number of rotatable bonds is 3. The molecule has 1 saturated carbocycles. The summed E-state index contributed by atoms with van der Waals surface area (Å²) in [7, 11) is 0. The van der Waals surface area contributed by atoms with Crippen LogP contribution in [-0.2, 0) is 4.79 Å². The van der Waals surface area contributed by atoms with E-state index in [0.29, 0.717) is 17.8 Å². The van der Waals surface area contributed by atoms with Gasteiger partial charge in [0.1, 0.15) is 0 Å². The van der Waals surface area contributed by atoms with Gasteiger partial charge in [-0.1, -0.05) is 27.2 Å². The van der Waals surface area contributed by atoms with Crippen molar-refractivity contribution in [3.8, 4) is 0 Å². The van der Waals surface area contributed by atoms with Gasteiger partial charge in [0, 0.05) is 5.54 Å². The summed E-state index contributed by atoms with van der Waals surface area (Å²) in [5.74, 6) is 0.619. The second kappa shape index (κ2) is 4.52. The Hall–Kier alpha value is -0.570. The smallest absolute Gasteiger partial charge is 0.305 e. The van der Waals surface area contributed by atoms with Gasteiger partial charge in [-0.25, -0.2) is 0 Å². The molecule has 1 fully saturated rings. The van der Waals surface area contributed by atoms with Crippen molar-refractivity contribution in [1.29, 1.82) is 0 Å². The lowest BCUT2D eigenvalue weighted by Gasteiger charge is -2.45. The topological polar surface area (TPSA) is 63.3 Å². The Kier molecular flexibility index (Phi) is 3.77. The Morgan fingerprint density at radius 2 is 2.13 bits per heavy atom. The highest BCUT2D eigenvalue weighted by Gasteiger charge is 2.42. The van der Waals surface area contributed by atoms with Crippen molar-refractivity contribution in [1.82, 2.24) is 0 Å². The minimum atomic E-state index is -0.766. The summed E-state index contributed by atoms with van der Waals surface area (Å²) in [6.07, 6.45) is 3.21. The molecule has 0 spiro atoms. The van der Waals surface area contributed by atoms with E-state index < -0.39 is 11.5 Å². The number of carbonyl (C=O) groups is 1. The van der Waals surface area contributed by atoms with Crippen LogP contribution in [0.2, 0.25) is 0 Å². The largest absolute Gasteiger partial charge is 0.481 e. The molecule has 3 heteroatoms. The van der Waals surface area contributed by atoms with Crippen LogP contribution in [0.5, 0.6) is 0 Å². The highest BCUT2D eigenvalue weighted by molar-refractivity contribution is 5.68. The van der Waals surface area contributed by atoms with Gasteiger partial charge in [0.15, 0.2) is 0 Å². The third kappa shape index (κ3) is 2.94. The zero-order chi connectivity index (χ0) is 11.6. The Bertz CT molecular complexity index is 240. The van der Waals surface area contributed by atoms with Crippen molar-refractivity contribution in [2.45, 2.75) is 52.0 Å². The number of carboxylic acid groups (broad SMARTS) is 1. The first-order valence-corrected chi connectivity index (χ1v) is 5.86. The third-order valence-corrected chi connectivity index (χ3v) is 3.72. The van der Waals surface area contributed by atoms with E-state index in [1.54, 1.807) is 0 Å². The van der Waals surface area contributed by atoms with Gasteiger partial charge in [-0.15, -0.1) is 0 Å². The van der Waals surface area contributed by atoms with E-state index in [2.05, 4.69) is 20.8 Å². The normalized spacial score (nSPS) is 36.9.